The highest BCUT2D eigenvalue weighted by Crippen LogP contribution is 2.37. The second-order valence-corrected chi connectivity index (χ2v) is 5.53. The van der Waals surface area contributed by atoms with E-state index in [1.165, 1.54) is 22.3 Å². The van der Waals surface area contributed by atoms with Crippen molar-refractivity contribution in [3.05, 3.63) is 28.3 Å². The number of ether oxygens (including phenoxy) is 2. The minimum Gasteiger partial charge on any atom is -0.467 e. The molecule has 0 saturated heterocycles. The van der Waals surface area contributed by atoms with E-state index in [1.807, 2.05) is 0 Å². The van der Waals surface area contributed by atoms with Crippen molar-refractivity contribution in [3.8, 4) is 5.75 Å². The van der Waals surface area contributed by atoms with E-state index < -0.39 is 0 Å². The summed E-state index contributed by atoms with van der Waals surface area (Å²) in [5.41, 5.74) is 5.30. The van der Waals surface area contributed by atoms with Crippen LogP contribution in [0.1, 0.15) is 43.0 Å². The molecule has 0 N–H and O–H groups in total. The SMILES string of the molecule is Cc1cc(C(C)(C)C)c(C)c2c1OCOC2. The summed E-state index contributed by atoms with van der Waals surface area (Å²) in [5.74, 6) is 1.02. The van der Waals surface area contributed by atoms with Crippen molar-refractivity contribution in [3.63, 3.8) is 0 Å². The van der Waals surface area contributed by atoms with Crippen molar-refractivity contribution in [2.45, 2.75) is 46.6 Å². The van der Waals surface area contributed by atoms with Gasteiger partial charge in [0.15, 0.2) is 6.79 Å². The van der Waals surface area contributed by atoms with Gasteiger partial charge >= 0.3 is 0 Å². The molecule has 2 heteroatoms. The molecule has 88 valence electrons. The van der Waals surface area contributed by atoms with E-state index >= 15 is 0 Å². The molecule has 1 aromatic rings. The number of aryl methyl sites for hydroxylation is 1. The van der Waals surface area contributed by atoms with E-state index in [1.54, 1.807) is 0 Å². The van der Waals surface area contributed by atoms with E-state index in [-0.39, 0.29) is 5.41 Å². The molecule has 2 rings (SSSR count). The van der Waals surface area contributed by atoms with Crippen molar-refractivity contribution < 1.29 is 9.47 Å². The van der Waals surface area contributed by atoms with Crippen LogP contribution in [0.25, 0.3) is 0 Å². The Morgan fingerprint density at radius 3 is 2.50 bits per heavy atom. The fraction of sp³-hybridized carbons (Fsp3) is 0.571. The molecule has 1 aliphatic rings. The molecule has 1 aliphatic heterocycles. The van der Waals surface area contributed by atoms with Crippen LogP contribution in [0.15, 0.2) is 6.07 Å². The van der Waals surface area contributed by atoms with Gasteiger partial charge in [-0.2, -0.15) is 0 Å². The molecular formula is C14H20O2. The molecule has 0 unspecified atom stereocenters. The number of fused-ring (bicyclic) bond motifs is 1. The van der Waals surface area contributed by atoms with E-state index in [4.69, 9.17) is 9.47 Å². The number of benzene rings is 1. The molecule has 16 heavy (non-hydrogen) atoms. The second kappa shape index (κ2) is 3.77. The van der Waals surface area contributed by atoms with Crippen molar-refractivity contribution in [2.24, 2.45) is 0 Å². The monoisotopic (exact) mass is 220 g/mol. The van der Waals surface area contributed by atoms with E-state index in [0.29, 0.717) is 13.4 Å². The maximum Gasteiger partial charge on any atom is 0.189 e. The van der Waals surface area contributed by atoms with Gasteiger partial charge in [-0.15, -0.1) is 0 Å². The van der Waals surface area contributed by atoms with Crippen molar-refractivity contribution >= 4 is 0 Å². The molecule has 0 atom stereocenters. The lowest BCUT2D eigenvalue weighted by atomic mass is 9.81. The summed E-state index contributed by atoms with van der Waals surface area (Å²) in [7, 11) is 0. The molecular weight excluding hydrogens is 200 g/mol. The van der Waals surface area contributed by atoms with Gasteiger partial charge in [-0.25, -0.2) is 0 Å². The summed E-state index contributed by atoms with van der Waals surface area (Å²) in [6, 6.07) is 2.25. The quantitative estimate of drug-likeness (QED) is 0.666. The van der Waals surface area contributed by atoms with Crippen LogP contribution in [0.2, 0.25) is 0 Å². The highest BCUT2D eigenvalue weighted by molar-refractivity contribution is 5.51. The fourth-order valence-corrected chi connectivity index (χ4v) is 2.36. The molecule has 0 aliphatic carbocycles. The first kappa shape index (κ1) is 11.5. The third-order valence-electron chi connectivity index (χ3n) is 3.19. The van der Waals surface area contributed by atoms with Gasteiger partial charge in [-0.1, -0.05) is 26.8 Å². The maximum absolute atomic E-state index is 5.58. The van der Waals surface area contributed by atoms with Crippen LogP contribution in [0.5, 0.6) is 5.75 Å². The van der Waals surface area contributed by atoms with Crippen LogP contribution in [-0.2, 0) is 16.8 Å². The van der Waals surface area contributed by atoms with Crippen LogP contribution in [0.4, 0.5) is 0 Å². The summed E-state index contributed by atoms with van der Waals surface area (Å²) in [6.45, 7) is 12.0. The largest absolute Gasteiger partial charge is 0.467 e. The smallest absolute Gasteiger partial charge is 0.189 e. The number of hydrogen-bond acceptors (Lipinski definition) is 2. The van der Waals surface area contributed by atoms with Crippen molar-refractivity contribution in [1.82, 2.24) is 0 Å². The Labute approximate surface area is 97.6 Å². The van der Waals surface area contributed by atoms with Crippen LogP contribution in [0.3, 0.4) is 0 Å². The van der Waals surface area contributed by atoms with E-state index in [9.17, 15) is 0 Å². The summed E-state index contributed by atoms with van der Waals surface area (Å²) < 4.78 is 11.0. The summed E-state index contributed by atoms with van der Waals surface area (Å²) in [5, 5.41) is 0. The Kier molecular flexibility index (Phi) is 2.70. The predicted octanol–water partition coefficient (Wildman–Crippen LogP) is 3.47. The van der Waals surface area contributed by atoms with Crippen LogP contribution in [-0.4, -0.2) is 6.79 Å². The second-order valence-electron chi connectivity index (χ2n) is 5.53. The highest BCUT2D eigenvalue weighted by atomic mass is 16.7. The number of rotatable bonds is 0. The molecule has 1 aromatic carbocycles. The molecule has 0 amide bonds. The minimum atomic E-state index is 0.168. The third-order valence-corrected chi connectivity index (χ3v) is 3.19. The average Bonchev–Trinajstić information content (AvgIpc) is 2.22. The first-order valence-corrected chi connectivity index (χ1v) is 5.75. The Morgan fingerprint density at radius 1 is 1.19 bits per heavy atom. The summed E-state index contributed by atoms with van der Waals surface area (Å²) in [4.78, 5) is 0. The summed E-state index contributed by atoms with van der Waals surface area (Å²) >= 11 is 0. The van der Waals surface area contributed by atoms with E-state index in [0.717, 1.165) is 5.75 Å². The van der Waals surface area contributed by atoms with Gasteiger partial charge in [-0.05, 0) is 36.0 Å². The van der Waals surface area contributed by atoms with Crippen molar-refractivity contribution in [1.29, 1.82) is 0 Å². The Bertz CT molecular complexity index is 414. The summed E-state index contributed by atoms with van der Waals surface area (Å²) in [6.07, 6.45) is 0. The maximum atomic E-state index is 5.58. The molecule has 0 saturated carbocycles. The van der Waals surface area contributed by atoms with Crippen molar-refractivity contribution in [2.75, 3.05) is 6.79 Å². The van der Waals surface area contributed by atoms with E-state index in [2.05, 4.69) is 40.7 Å². The fourth-order valence-electron chi connectivity index (χ4n) is 2.36. The van der Waals surface area contributed by atoms with Gasteiger partial charge in [-0.3, -0.25) is 0 Å². The highest BCUT2D eigenvalue weighted by Gasteiger charge is 2.23. The van der Waals surface area contributed by atoms with Crippen LogP contribution in [0, 0.1) is 13.8 Å². The Hall–Kier alpha value is -1.02. The molecule has 0 aromatic heterocycles. The zero-order valence-corrected chi connectivity index (χ0v) is 10.8. The lowest BCUT2D eigenvalue weighted by Crippen LogP contribution is -2.19. The number of hydrogen-bond donors (Lipinski definition) is 0. The molecule has 0 fully saturated rings. The molecule has 0 radical (unpaired) electrons. The molecule has 1 heterocycles. The average molecular weight is 220 g/mol. The minimum absolute atomic E-state index is 0.168. The van der Waals surface area contributed by atoms with Gasteiger partial charge in [0.05, 0.1) is 6.61 Å². The van der Waals surface area contributed by atoms with Gasteiger partial charge in [0.1, 0.15) is 5.75 Å². The lowest BCUT2D eigenvalue weighted by Gasteiger charge is -2.28. The lowest BCUT2D eigenvalue weighted by molar-refractivity contribution is -0.0173. The predicted molar refractivity (Wildman–Crippen MR) is 64.9 cm³/mol. The van der Waals surface area contributed by atoms with Gasteiger partial charge < -0.3 is 9.47 Å². The molecule has 2 nitrogen and oxygen atoms in total. The standard InChI is InChI=1S/C14H20O2/c1-9-6-12(14(3,4)5)10(2)11-7-15-8-16-13(9)11/h6H,7-8H2,1-5H3. The third kappa shape index (κ3) is 1.82. The zero-order valence-electron chi connectivity index (χ0n) is 10.8. The van der Waals surface area contributed by atoms with Gasteiger partial charge in [0, 0.05) is 5.56 Å². The topological polar surface area (TPSA) is 18.5 Å². The Morgan fingerprint density at radius 2 is 1.88 bits per heavy atom. The normalized spacial score (nSPS) is 15.6. The zero-order chi connectivity index (χ0) is 11.9. The molecule has 0 bridgehead atoms. The first-order valence-electron chi connectivity index (χ1n) is 5.75. The van der Waals surface area contributed by atoms with Gasteiger partial charge in [0.25, 0.3) is 0 Å². The van der Waals surface area contributed by atoms with Gasteiger partial charge in [0.2, 0.25) is 0 Å². The van der Waals surface area contributed by atoms with Crippen LogP contribution < -0.4 is 4.74 Å². The first-order chi connectivity index (χ1) is 7.41. The molecule has 0 spiro atoms. The van der Waals surface area contributed by atoms with Crippen LogP contribution >= 0.6 is 0 Å². The Balaban J connectivity index is 2.63.